The Morgan fingerprint density at radius 2 is 1.68 bits per heavy atom. The minimum Gasteiger partial charge on any atom is -0.322 e. The number of hydrogen-bond donors (Lipinski definition) is 1. The molecule has 0 spiro atoms. The molecular formula is C23H27NO3S. The smallest absolute Gasteiger partial charge is 0.252 e. The van der Waals surface area contributed by atoms with Crippen LogP contribution in [0.4, 0.5) is 5.69 Å². The number of sulfone groups is 1. The maximum atomic E-state index is 13.3. The Bertz CT molecular complexity index is 955. The third kappa shape index (κ3) is 5.67. The summed E-state index contributed by atoms with van der Waals surface area (Å²) >= 11 is 0. The highest BCUT2D eigenvalue weighted by Crippen LogP contribution is 2.26. The van der Waals surface area contributed by atoms with Gasteiger partial charge in [-0.1, -0.05) is 54.1 Å². The first kappa shape index (κ1) is 21.6. The van der Waals surface area contributed by atoms with Crippen molar-refractivity contribution in [1.82, 2.24) is 0 Å². The molecule has 148 valence electrons. The Balaban J connectivity index is 2.32. The Hall–Kier alpha value is -2.66. The minimum absolute atomic E-state index is 0.0478. The fourth-order valence-corrected chi connectivity index (χ4v) is 4.58. The van der Waals surface area contributed by atoms with Crippen molar-refractivity contribution in [3.63, 3.8) is 0 Å². The lowest BCUT2D eigenvalue weighted by Gasteiger charge is -2.20. The van der Waals surface area contributed by atoms with Gasteiger partial charge in [0.15, 0.2) is 9.84 Å². The van der Waals surface area contributed by atoms with E-state index in [4.69, 9.17) is 0 Å². The number of nitrogens with one attached hydrogen (secondary N) is 1. The van der Waals surface area contributed by atoms with Crippen molar-refractivity contribution >= 4 is 21.4 Å². The lowest BCUT2D eigenvalue weighted by Crippen LogP contribution is -2.30. The maximum absolute atomic E-state index is 13.3. The Kier molecular flexibility index (Phi) is 7.35. The largest absolute Gasteiger partial charge is 0.322 e. The summed E-state index contributed by atoms with van der Waals surface area (Å²) in [4.78, 5) is 12.9. The summed E-state index contributed by atoms with van der Waals surface area (Å²) in [6, 6.07) is 15.6. The average Bonchev–Trinajstić information content (AvgIpc) is 2.65. The number of rotatable bonds is 8. The highest BCUT2D eigenvalue weighted by molar-refractivity contribution is 7.92. The molecule has 4 nitrogen and oxygen atoms in total. The molecule has 0 saturated carbocycles. The molecule has 0 aliphatic heterocycles. The van der Waals surface area contributed by atoms with Gasteiger partial charge in [0.25, 0.3) is 5.91 Å². The van der Waals surface area contributed by atoms with Gasteiger partial charge in [0.1, 0.15) is 0 Å². The molecule has 0 aliphatic carbocycles. The molecule has 0 saturated heterocycles. The van der Waals surface area contributed by atoms with Crippen molar-refractivity contribution in [2.45, 2.75) is 43.8 Å². The predicted octanol–water partition coefficient (Wildman–Crippen LogP) is 5.08. The van der Waals surface area contributed by atoms with Crippen LogP contribution in [0.1, 0.15) is 32.3 Å². The maximum Gasteiger partial charge on any atom is 0.252 e. The molecule has 1 N–H and O–H groups in total. The molecule has 0 unspecified atom stereocenters. The van der Waals surface area contributed by atoms with Crippen molar-refractivity contribution in [2.24, 2.45) is 0 Å². The number of aryl methyl sites for hydroxylation is 1. The van der Waals surface area contributed by atoms with E-state index in [2.05, 4.69) is 11.9 Å². The molecule has 5 heteroatoms. The molecule has 2 aromatic carbocycles. The number of amides is 1. The molecule has 0 aromatic heterocycles. The number of anilines is 1. The van der Waals surface area contributed by atoms with Crippen LogP contribution in [0.15, 0.2) is 83.3 Å². The van der Waals surface area contributed by atoms with E-state index < -0.39 is 21.0 Å². The van der Waals surface area contributed by atoms with Gasteiger partial charge in [-0.25, -0.2) is 8.42 Å². The van der Waals surface area contributed by atoms with E-state index in [9.17, 15) is 13.2 Å². The summed E-state index contributed by atoms with van der Waals surface area (Å²) in [7, 11) is -3.74. The fourth-order valence-electron chi connectivity index (χ4n) is 2.81. The third-order valence-electron chi connectivity index (χ3n) is 4.42. The van der Waals surface area contributed by atoms with Crippen LogP contribution in [0.3, 0.4) is 0 Å². The summed E-state index contributed by atoms with van der Waals surface area (Å²) in [5.41, 5.74) is 2.72. The highest BCUT2D eigenvalue weighted by atomic mass is 32.2. The Labute approximate surface area is 167 Å². The number of carbonyl (C=O) groups excluding carboxylic acids is 1. The van der Waals surface area contributed by atoms with Crippen molar-refractivity contribution in [1.29, 1.82) is 0 Å². The van der Waals surface area contributed by atoms with Gasteiger partial charge < -0.3 is 5.32 Å². The number of carbonyl (C=O) groups is 1. The lowest BCUT2D eigenvalue weighted by atomic mass is 10.1. The second-order valence-corrected chi connectivity index (χ2v) is 9.18. The van der Waals surface area contributed by atoms with E-state index in [-0.39, 0.29) is 10.5 Å². The molecule has 2 rings (SSSR count). The molecule has 1 amide bonds. The van der Waals surface area contributed by atoms with Gasteiger partial charge in [0.2, 0.25) is 0 Å². The molecule has 0 bridgehead atoms. The first-order valence-electron chi connectivity index (χ1n) is 9.21. The van der Waals surface area contributed by atoms with Crippen molar-refractivity contribution in [3.8, 4) is 0 Å². The third-order valence-corrected chi connectivity index (χ3v) is 6.62. The second kappa shape index (κ2) is 9.51. The summed E-state index contributed by atoms with van der Waals surface area (Å²) in [6.45, 7) is 9.66. The number of para-hydroxylation sites is 1. The molecule has 28 heavy (non-hydrogen) atoms. The second-order valence-electron chi connectivity index (χ2n) is 7.05. The zero-order valence-electron chi connectivity index (χ0n) is 16.6. The predicted molar refractivity (Wildman–Crippen MR) is 115 cm³/mol. The molecule has 0 aliphatic rings. The van der Waals surface area contributed by atoms with E-state index in [0.29, 0.717) is 18.5 Å². The summed E-state index contributed by atoms with van der Waals surface area (Å²) < 4.78 is 26.5. The highest BCUT2D eigenvalue weighted by Gasteiger charge is 2.32. The minimum atomic E-state index is -3.74. The quantitative estimate of drug-likeness (QED) is 0.499. The van der Waals surface area contributed by atoms with Crippen molar-refractivity contribution in [2.75, 3.05) is 5.32 Å². The number of benzene rings is 2. The van der Waals surface area contributed by atoms with Crippen molar-refractivity contribution < 1.29 is 13.2 Å². The van der Waals surface area contributed by atoms with Crippen molar-refractivity contribution in [3.05, 3.63) is 84.0 Å². The summed E-state index contributed by atoms with van der Waals surface area (Å²) in [5, 5.41) is 1.74. The Morgan fingerprint density at radius 3 is 2.25 bits per heavy atom. The van der Waals surface area contributed by atoms with Crippen LogP contribution >= 0.6 is 0 Å². The first-order chi connectivity index (χ1) is 13.2. The molecule has 1 atom stereocenters. The standard InChI is InChI=1S/C23H27NO3S/c1-17(2)9-8-12-22(28(26,27)21-15-13-18(3)14-16-21)19(4)23(25)24-20-10-6-5-7-11-20/h5-7,9-11,13-16,22H,4,8,12H2,1-3H3,(H,24,25)/t22-/m1/s1. The fraction of sp³-hybridized carbons (Fsp3) is 0.261. The average molecular weight is 398 g/mol. The summed E-state index contributed by atoms with van der Waals surface area (Å²) in [5.74, 6) is -0.482. The van der Waals surface area contributed by atoms with Crippen LogP contribution < -0.4 is 5.32 Å². The normalized spacial score (nSPS) is 12.1. The lowest BCUT2D eigenvalue weighted by molar-refractivity contribution is -0.112. The molecule has 2 aromatic rings. The van der Waals surface area contributed by atoms with Crippen LogP contribution in [0.5, 0.6) is 0 Å². The molecule has 0 heterocycles. The van der Waals surface area contributed by atoms with E-state index in [0.717, 1.165) is 11.1 Å². The number of allylic oxidation sites excluding steroid dienone is 2. The van der Waals surface area contributed by atoms with E-state index >= 15 is 0 Å². The van der Waals surface area contributed by atoms with Crippen LogP contribution in [-0.4, -0.2) is 19.6 Å². The van der Waals surface area contributed by atoms with Gasteiger partial charge in [-0.2, -0.15) is 0 Å². The van der Waals surface area contributed by atoms with Crippen LogP contribution in [0, 0.1) is 6.92 Å². The zero-order valence-corrected chi connectivity index (χ0v) is 17.4. The number of hydrogen-bond acceptors (Lipinski definition) is 3. The summed E-state index contributed by atoms with van der Waals surface area (Å²) in [6.07, 6.45) is 2.82. The van der Waals surface area contributed by atoms with E-state index in [1.165, 1.54) is 0 Å². The first-order valence-corrected chi connectivity index (χ1v) is 10.8. The van der Waals surface area contributed by atoms with Gasteiger partial charge in [-0.3, -0.25) is 4.79 Å². The SMILES string of the molecule is C=C(C(=O)Nc1ccccc1)[C@@H](CCC=C(C)C)S(=O)(=O)c1ccc(C)cc1. The monoisotopic (exact) mass is 397 g/mol. The molecule has 0 radical (unpaired) electrons. The van der Waals surface area contributed by atoms with Crippen LogP contribution in [0.25, 0.3) is 0 Å². The zero-order chi connectivity index (χ0) is 20.7. The molecule has 0 fully saturated rings. The van der Waals surface area contributed by atoms with Gasteiger partial charge >= 0.3 is 0 Å². The van der Waals surface area contributed by atoms with Gasteiger partial charge in [-0.15, -0.1) is 0 Å². The van der Waals surface area contributed by atoms with E-state index in [1.54, 1.807) is 48.5 Å². The molecular weight excluding hydrogens is 370 g/mol. The van der Waals surface area contributed by atoms with E-state index in [1.807, 2.05) is 32.9 Å². The van der Waals surface area contributed by atoms with Gasteiger partial charge in [-0.05, 0) is 57.9 Å². The Morgan fingerprint density at radius 1 is 1.07 bits per heavy atom. The van der Waals surface area contributed by atoms with Gasteiger partial charge in [0, 0.05) is 11.3 Å². The van der Waals surface area contributed by atoms with Gasteiger partial charge in [0.05, 0.1) is 10.1 Å². The van der Waals surface area contributed by atoms with Crippen LogP contribution in [0.2, 0.25) is 0 Å². The van der Waals surface area contributed by atoms with Crippen LogP contribution in [-0.2, 0) is 14.6 Å². The topological polar surface area (TPSA) is 63.2 Å².